The predicted octanol–water partition coefficient (Wildman–Crippen LogP) is 2.68. The summed E-state index contributed by atoms with van der Waals surface area (Å²) in [6.07, 6.45) is 0.576. The van der Waals surface area contributed by atoms with Crippen LogP contribution in [0.25, 0.3) is 0 Å². The lowest BCUT2D eigenvalue weighted by atomic mass is 10.1. The molecule has 1 heterocycles. The Morgan fingerprint density at radius 2 is 2.22 bits per heavy atom. The van der Waals surface area contributed by atoms with Crippen molar-refractivity contribution in [1.82, 2.24) is 4.90 Å². The zero-order valence-electron chi connectivity index (χ0n) is 10.9. The Morgan fingerprint density at radius 1 is 1.44 bits per heavy atom. The number of piperazine rings is 1. The first-order valence-electron chi connectivity index (χ1n) is 6.20. The second-order valence-corrected chi connectivity index (χ2v) is 5.23. The van der Waals surface area contributed by atoms with E-state index in [0.29, 0.717) is 12.5 Å². The van der Waals surface area contributed by atoms with E-state index in [2.05, 4.69) is 35.9 Å². The molecule has 0 N–H and O–H groups in total. The third kappa shape index (κ3) is 2.60. The molecule has 1 aromatic rings. The molecule has 0 aromatic heterocycles. The summed E-state index contributed by atoms with van der Waals surface area (Å²) < 4.78 is 0. The van der Waals surface area contributed by atoms with E-state index in [1.54, 1.807) is 0 Å². The van der Waals surface area contributed by atoms with E-state index in [1.165, 1.54) is 5.69 Å². The molecule has 0 spiro atoms. The summed E-state index contributed by atoms with van der Waals surface area (Å²) in [6.45, 7) is 4.92. The van der Waals surface area contributed by atoms with Crippen molar-refractivity contribution in [2.24, 2.45) is 0 Å². The van der Waals surface area contributed by atoms with Gasteiger partial charge in [0, 0.05) is 36.4 Å². The zero-order valence-corrected chi connectivity index (χ0v) is 11.6. The number of rotatable bonds is 2. The first-order valence-corrected chi connectivity index (χ1v) is 6.58. The average Bonchev–Trinajstić information content (AvgIpc) is 2.36. The van der Waals surface area contributed by atoms with Gasteiger partial charge in [0.25, 0.3) is 0 Å². The molecule has 96 valence electrons. The SMILES string of the molecule is Cc1c(Cl)cccc1N1CCN(C)C(CC#N)C1. The summed E-state index contributed by atoms with van der Waals surface area (Å²) in [5, 5.41) is 9.68. The molecule has 3 nitrogen and oxygen atoms in total. The molecule has 1 fully saturated rings. The van der Waals surface area contributed by atoms with Gasteiger partial charge in [0.15, 0.2) is 0 Å². The Bertz CT molecular complexity index is 467. The zero-order chi connectivity index (χ0) is 13.1. The highest BCUT2D eigenvalue weighted by atomic mass is 35.5. The fourth-order valence-corrected chi connectivity index (χ4v) is 2.60. The monoisotopic (exact) mass is 263 g/mol. The van der Waals surface area contributed by atoms with Crippen molar-refractivity contribution in [2.45, 2.75) is 19.4 Å². The minimum absolute atomic E-state index is 0.308. The molecule has 1 aromatic carbocycles. The van der Waals surface area contributed by atoms with Gasteiger partial charge in [-0.3, -0.25) is 4.90 Å². The Kier molecular flexibility index (Phi) is 4.11. The number of nitrogens with zero attached hydrogens (tertiary/aromatic N) is 3. The van der Waals surface area contributed by atoms with E-state index in [4.69, 9.17) is 16.9 Å². The molecule has 1 saturated heterocycles. The lowest BCUT2D eigenvalue weighted by molar-refractivity contribution is 0.221. The quantitative estimate of drug-likeness (QED) is 0.822. The summed E-state index contributed by atoms with van der Waals surface area (Å²) in [5.41, 5.74) is 2.32. The van der Waals surface area contributed by atoms with Gasteiger partial charge in [0.1, 0.15) is 0 Å². The van der Waals surface area contributed by atoms with Crippen molar-refractivity contribution in [3.05, 3.63) is 28.8 Å². The second kappa shape index (κ2) is 5.60. The van der Waals surface area contributed by atoms with Gasteiger partial charge >= 0.3 is 0 Å². The summed E-state index contributed by atoms with van der Waals surface area (Å²) in [6, 6.07) is 8.59. The van der Waals surface area contributed by atoms with E-state index in [0.717, 1.165) is 30.2 Å². The maximum Gasteiger partial charge on any atom is 0.0638 e. The highest BCUT2D eigenvalue weighted by Crippen LogP contribution is 2.28. The summed E-state index contributed by atoms with van der Waals surface area (Å²) >= 11 is 6.17. The van der Waals surface area contributed by atoms with E-state index >= 15 is 0 Å². The van der Waals surface area contributed by atoms with Crippen molar-refractivity contribution in [1.29, 1.82) is 5.26 Å². The van der Waals surface area contributed by atoms with Gasteiger partial charge in [-0.15, -0.1) is 0 Å². The standard InChI is InChI=1S/C14H18ClN3/c1-11-13(15)4-3-5-14(11)18-9-8-17(2)12(10-18)6-7-16/h3-5,12H,6,8-10H2,1-2H3. The van der Waals surface area contributed by atoms with Crippen LogP contribution in [0.15, 0.2) is 18.2 Å². The average molecular weight is 264 g/mol. The van der Waals surface area contributed by atoms with Crippen LogP contribution >= 0.6 is 11.6 Å². The van der Waals surface area contributed by atoms with Gasteiger partial charge in [-0.25, -0.2) is 0 Å². The third-order valence-electron chi connectivity index (χ3n) is 3.68. The minimum Gasteiger partial charge on any atom is -0.368 e. The molecule has 1 unspecified atom stereocenters. The van der Waals surface area contributed by atoms with Crippen molar-refractivity contribution in [3.8, 4) is 6.07 Å². The van der Waals surface area contributed by atoms with Crippen LogP contribution in [0.5, 0.6) is 0 Å². The molecule has 1 aliphatic heterocycles. The number of benzene rings is 1. The normalized spacial score (nSPS) is 20.8. The topological polar surface area (TPSA) is 30.3 Å². The lowest BCUT2D eigenvalue weighted by Gasteiger charge is -2.40. The molecule has 18 heavy (non-hydrogen) atoms. The first kappa shape index (κ1) is 13.2. The Labute approximate surface area is 114 Å². The third-order valence-corrected chi connectivity index (χ3v) is 4.09. The molecule has 0 amide bonds. The predicted molar refractivity (Wildman–Crippen MR) is 75.1 cm³/mol. The van der Waals surface area contributed by atoms with Crippen LogP contribution in [0.1, 0.15) is 12.0 Å². The number of nitriles is 1. The van der Waals surface area contributed by atoms with Crippen LogP contribution in [0, 0.1) is 18.3 Å². The van der Waals surface area contributed by atoms with E-state index < -0.39 is 0 Å². The van der Waals surface area contributed by atoms with Crippen molar-refractivity contribution in [2.75, 3.05) is 31.6 Å². The number of hydrogen-bond donors (Lipinski definition) is 0. The molecule has 1 aliphatic rings. The highest BCUT2D eigenvalue weighted by molar-refractivity contribution is 6.31. The second-order valence-electron chi connectivity index (χ2n) is 4.83. The maximum atomic E-state index is 8.88. The highest BCUT2D eigenvalue weighted by Gasteiger charge is 2.25. The van der Waals surface area contributed by atoms with Crippen LogP contribution in [0.2, 0.25) is 5.02 Å². The van der Waals surface area contributed by atoms with Gasteiger partial charge in [-0.1, -0.05) is 17.7 Å². The van der Waals surface area contributed by atoms with Crippen molar-refractivity contribution >= 4 is 17.3 Å². The Balaban J connectivity index is 2.19. The summed E-state index contributed by atoms with van der Waals surface area (Å²) in [5.74, 6) is 0. The molecule has 1 atom stereocenters. The molecule has 0 aliphatic carbocycles. The Hall–Kier alpha value is -1.24. The first-order chi connectivity index (χ1) is 8.63. The van der Waals surface area contributed by atoms with Crippen LogP contribution in [-0.2, 0) is 0 Å². The molecular weight excluding hydrogens is 246 g/mol. The summed E-state index contributed by atoms with van der Waals surface area (Å²) in [7, 11) is 2.09. The van der Waals surface area contributed by atoms with Gasteiger partial charge < -0.3 is 4.90 Å². The molecular formula is C14H18ClN3. The van der Waals surface area contributed by atoms with Gasteiger partial charge in [0.05, 0.1) is 12.5 Å². The molecule has 0 bridgehead atoms. The fraction of sp³-hybridized carbons (Fsp3) is 0.500. The van der Waals surface area contributed by atoms with E-state index in [9.17, 15) is 0 Å². The van der Waals surface area contributed by atoms with Crippen LogP contribution < -0.4 is 4.90 Å². The van der Waals surface area contributed by atoms with Gasteiger partial charge in [-0.05, 0) is 31.7 Å². The lowest BCUT2D eigenvalue weighted by Crippen LogP contribution is -2.51. The smallest absolute Gasteiger partial charge is 0.0638 e. The number of hydrogen-bond acceptors (Lipinski definition) is 3. The van der Waals surface area contributed by atoms with Crippen LogP contribution in [-0.4, -0.2) is 37.6 Å². The maximum absolute atomic E-state index is 8.88. The molecule has 4 heteroatoms. The van der Waals surface area contributed by atoms with E-state index in [-0.39, 0.29) is 0 Å². The molecule has 0 saturated carbocycles. The number of anilines is 1. The number of likely N-dealkylation sites (N-methyl/N-ethyl adjacent to an activating group) is 1. The number of halogens is 1. The van der Waals surface area contributed by atoms with Crippen molar-refractivity contribution < 1.29 is 0 Å². The fourth-order valence-electron chi connectivity index (χ4n) is 2.43. The van der Waals surface area contributed by atoms with Crippen molar-refractivity contribution in [3.63, 3.8) is 0 Å². The van der Waals surface area contributed by atoms with Gasteiger partial charge in [0.2, 0.25) is 0 Å². The van der Waals surface area contributed by atoms with Crippen LogP contribution in [0.4, 0.5) is 5.69 Å². The summed E-state index contributed by atoms with van der Waals surface area (Å²) in [4.78, 5) is 4.60. The van der Waals surface area contributed by atoms with Gasteiger partial charge in [-0.2, -0.15) is 5.26 Å². The molecule has 2 rings (SSSR count). The van der Waals surface area contributed by atoms with E-state index in [1.807, 2.05) is 12.1 Å². The minimum atomic E-state index is 0.308. The largest absolute Gasteiger partial charge is 0.368 e. The molecule has 0 radical (unpaired) electrons. The van der Waals surface area contributed by atoms with Crippen LogP contribution in [0.3, 0.4) is 0 Å². The Morgan fingerprint density at radius 3 is 2.94 bits per heavy atom.